The van der Waals surface area contributed by atoms with Gasteiger partial charge in [0.1, 0.15) is 0 Å². The summed E-state index contributed by atoms with van der Waals surface area (Å²) in [6, 6.07) is 16.5. The van der Waals surface area contributed by atoms with Gasteiger partial charge in [0.05, 0.1) is 6.04 Å². The Balaban J connectivity index is 1.86. The topological polar surface area (TPSA) is 49.0 Å². The molecule has 3 aromatic rings. The average Bonchev–Trinajstić information content (AvgIpc) is 3.15. The molecule has 0 radical (unpaired) electrons. The van der Waals surface area contributed by atoms with Gasteiger partial charge in [0, 0.05) is 16.9 Å². The minimum Gasteiger partial charge on any atom is -0.295 e. The molecular weight excluding hydrogens is 310 g/mol. The zero-order valence-electron chi connectivity index (χ0n) is 14.7. The predicted molar refractivity (Wildman–Crippen MR) is 99.0 cm³/mol. The van der Waals surface area contributed by atoms with Crippen molar-refractivity contribution in [1.82, 2.24) is 10.2 Å². The number of carbonyl (C=O) groups excluding carboxylic acids is 1. The van der Waals surface area contributed by atoms with Crippen molar-refractivity contribution in [3.8, 4) is 0 Å². The lowest BCUT2D eigenvalue weighted by Gasteiger charge is -2.26. The molecule has 4 heteroatoms. The minimum atomic E-state index is -0.144. The fourth-order valence-electron chi connectivity index (χ4n) is 3.52. The van der Waals surface area contributed by atoms with Crippen LogP contribution in [-0.4, -0.2) is 16.1 Å². The summed E-state index contributed by atoms with van der Waals surface area (Å²) in [5, 5.41) is 7.24. The summed E-state index contributed by atoms with van der Waals surface area (Å²) in [6.07, 6.45) is 1.00. The molecule has 0 spiro atoms. The number of hydrogen-bond acceptors (Lipinski definition) is 2. The number of nitrogens with zero attached hydrogens (tertiary/aromatic N) is 2. The van der Waals surface area contributed by atoms with Crippen molar-refractivity contribution in [2.75, 3.05) is 4.90 Å². The summed E-state index contributed by atoms with van der Waals surface area (Å²) in [5.41, 5.74) is 6.93. The number of carbonyl (C=O) groups is 1. The summed E-state index contributed by atoms with van der Waals surface area (Å²) < 4.78 is 0. The van der Waals surface area contributed by atoms with Crippen LogP contribution in [0.4, 0.5) is 5.69 Å². The summed E-state index contributed by atoms with van der Waals surface area (Å²) in [5.74, 6) is -0.0484. The Labute approximate surface area is 147 Å². The molecule has 1 aromatic heterocycles. The number of aromatic amines is 1. The van der Waals surface area contributed by atoms with Crippen molar-refractivity contribution in [3.63, 3.8) is 0 Å². The molecule has 4 rings (SSSR count). The molecule has 1 amide bonds. The van der Waals surface area contributed by atoms with E-state index < -0.39 is 0 Å². The Hall–Kier alpha value is -2.88. The SMILES string of the molecule is CCc1ccc(C2c3c(n[nH]c3C)C(=O)N2c2ccc(C)cc2)cc1. The third-order valence-corrected chi connectivity index (χ3v) is 4.96. The number of amides is 1. The van der Waals surface area contributed by atoms with Gasteiger partial charge in [-0.2, -0.15) is 5.10 Å². The van der Waals surface area contributed by atoms with Crippen molar-refractivity contribution in [3.05, 3.63) is 82.2 Å². The number of aromatic nitrogens is 2. The van der Waals surface area contributed by atoms with E-state index in [0.29, 0.717) is 5.69 Å². The molecule has 0 aliphatic carbocycles. The molecule has 2 aromatic carbocycles. The van der Waals surface area contributed by atoms with Crippen LogP contribution in [-0.2, 0) is 6.42 Å². The van der Waals surface area contributed by atoms with Gasteiger partial charge in [0.2, 0.25) is 0 Å². The highest BCUT2D eigenvalue weighted by Crippen LogP contribution is 2.42. The first-order valence-corrected chi connectivity index (χ1v) is 8.64. The van der Waals surface area contributed by atoms with Crippen LogP contribution in [0.25, 0.3) is 0 Å². The van der Waals surface area contributed by atoms with Crippen LogP contribution in [0.15, 0.2) is 48.5 Å². The maximum Gasteiger partial charge on any atom is 0.279 e. The van der Waals surface area contributed by atoms with Gasteiger partial charge in [-0.05, 0) is 43.5 Å². The summed E-state index contributed by atoms with van der Waals surface area (Å²) in [4.78, 5) is 14.9. The number of anilines is 1. The molecule has 0 saturated carbocycles. The standard InChI is InChI=1S/C21H21N3O/c1-4-15-7-9-16(10-8-15)20-18-14(3)22-23-19(18)21(25)24(20)17-11-5-13(2)6-12-17/h5-12,20H,4H2,1-3H3,(H,22,23). The van der Waals surface area contributed by atoms with E-state index in [4.69, 9.17) is 0 Å². The average molecular weight is 331 g/mol. The summed E-state index contributed by atoms with van der Waals surface area (Å²) >= 11 is 0. The normalized spacial score (nSPS) is 16.4. The second-order valence-electron chi connectivity index (χ2n) is 6.62. The second kappa shape index (κ2) is 5.88. The van der Waals surface area contributed by atoms with E-state index in [2.05, 4.69) is 41.4 Å². The smallest absolute Gasteiger partial charge is 0.279 e. The van der Waals surface area contributed by atoms with Crippen molar-refractivity contribution >= 4 is 11.6 Å². The molecule has 0 fully saturated rings. The van der Waals surface area contributed by atoms with Gasteiger partial charge in [0.25, 0.3) is 5.91 Å². The third kappa shape index (κ3) is 2.45. The number of fused-ring (bicyclic) bond motifs is 1. The monoisotopic (exact) mass is 331 g/mol. The van der Waals surface area contributed by atoms with Gasteiger partial charge in [-0.15, -0.1) is 0 Å². The van der Waals surface area contributed by atoms with Gasteiger partial charge in [-0.1, -0.05) is 48.9 Å². The zero-order valence-corrected chi connectivity index (χ0v) is 14.7. The fraction of sp³-hybridized carbons (Fsp3) is 0.238. The zero-order chi connectivity index (χ0) is 17.6. The molecule has 25 heavy (non-hydrogen) atoms. The van der Waals surface area contributed by atoms with Crippen LogP contribution in [0.3, 0.4) is 0 Å². The lowest BCUT2D eigenvalue weighted by atomic mass is 9.97. The highest BCUT2D eigenvalue weighted by atomic mass is 16.2. The van der Waals surface area contributed by atoms with Crippen molar-refractivity contribution in [1.29, 1.82) is 0 Å². The van der Waals surface area contributed by atoms with E-state index in [1.807, 2.05) is 43.0 Å². The van der Waals surface area contributed by atoms with Gasteiger partial charge < -0.3 is 0 Å². The van der Waals surface area contributed by atoms with Gasteiger partial charge in [0.15, 0.2) is 5.69 Å². The van der Waals surface area contributed by atoms with Gasteiger partial charge >= 0.3 is 0 Å². The Morgan fingerprint density at radius 3 is 2.36 bits per heavy atom. The molecular formula is C21H21N3O. The van der Waals surface area contributed by atoms with E-state index in [-0.39, 0.29) is 11.9 Å². The van der Waals surface area contributed by atoms with Crippen LogP contribution >= 0.6 is 0 Å². The number of benzene rings is 2. The van der Waals surface area contributed by atoms with E-state index >= 15 is 0 Å². The van der Waals surface area contributed by atoms with Crippen LogP contribution in [0.5, 0.6) is 0 Å². The maximum absolute atomic E-state index is 13.0. The summed E-state index contributed by atoms with van der Waals surface area (Å²) in [7, 11) is 0. The highest BCUT2D eigenvalue weighted by molar-refractivity contribution is 6.10. The van der Waals surface area contributed by atoms with Crippen molar-refractivity contribution < 1.29 is 4.79 Å². The number of nitrogens with one attached hydrogen (secondary N) is 1. The maximum atomic E-state index is 13.0. The predicted octanol–water partition coefficient (Wildman–Crippen LogP) is 4.34. The molecule has 1 N–H and O–H groups in total. The highest BCUT2D eigenvalue weighted by Gasteiger charge is 2.42. The molecule has 1 unspecified atom stereocenters. The quantitative estimate of drug-likeness (QED) is 0.776. The molecule has 126 valence electrons. The Morgan fingerprint density at radius 1 is 1.04 bits per heavy atom. The first-order valence-electron chi connectivity index (χ1n) is 8.64. The molecule has 0 bridgehead atoms. The van der Waals surface area contributed by atoms with Crippen LogP contribution in [0.2, 0.25) is 0 Å². The van der Waals surface area contributed by atoms with Crippen molar-refractivity contribution in [2.24, 2.45) is 0 Å². The van der Waals surface area contributed by atoms with Crippen LogP contribution in [0, 0.1) is 13.8 Å². The third-order valence-electron chi connectivity index (χ3n) is 4.96. The van der Waals surface area contributed by atoms with Crippen LogP contribution < -0.4 is 4.90 Å². The molecule has 1 aliphatic heterocycles. The number of aryl methyl sites for hydroxylation is 3. The Kier molecular flexibility index (Phi) is 3.68. The van der Waals surface area contributed by atoms with E-state index in [0.717, 1.165) is 28.9 Å². The molecule has 0 saturated heterocycles. The van der Waals surface area contributed by atoms with Gasteiger partial charge in [-0.25, -0.2) is 0 Å². The largest absolute Gasteiger partial charge is 0.295 e. The Bertz CT molecular complexity index is 923. The second-order valence-corrected chi connectivity index (χ2v) is 6.62. The lowest BCUT2D eigenvalue weighted by molar-refractivity contribution is 0.0988. The molecule has 1 atom stereocenters. The first kappa shape index (κ1) is 15.6. The lowest BCUT2D eigenvalue weighted by Crippen LogP contribution is -2.29. The molecule has 2 heterocycles. The number of H-pyrrole nitrogens is 1. The fourth-order valence-corrected chi connectivity index (χ4v) is 3.52. The first-order chi connectivity index (χ1) is 12.1. The summed E-state index contributed by atoms with van der Waals surface area (Å²) in [6.45, 7) is 6.17. The van der Waals surface area contributed by atoms with E-state index in [1.165, 1.54) is 11.1 Å². The Morgan fingerprint density at radius 2 is 1.72 bits per heavy atom. The molecule has 1 aliphatic rings. The van der Waals surface area contributed by atoms with E-state index in [1.54, 1.807) is 0 Å². The van der Waals surface area contributed by atoms with Gasteiger partial charge in [-0.3, -0.25) is 14.8 Å². The number of hydrogen-bond donors (Lipinski definition) is 1. The number of rotatable bonds is 3. The minimum absolute atomic E-state index is 0.0484. The van der Waals surface area contributed by atoms with E-state index in [9.17, 15) is 4.79 Å². The molecule has 4 nitrogen and oxygen atoms in total. The van der Waals surface area contributed by atoms with Crippen molar-refractivity contribution in [2.45, 2.75) is 33.2 Å². The van der Waals surface area contributed by atoms with Crippen LogP contribution in [0.1, 0.15) is 51.4 Å².